The minimum atomic E-state index is -0.961. The molecule has 1 rings (SSSR count). The Hall–Kier alpha value is -0.860. The van der Waals surface area contributed by atoms with Crippen molar-refractivity contribution in [3.63, 3.8) is 0 Å². The Morgan fingerprint density at radius 3 is 2.50 bits per heavy atom. The lowest BCUT2D eigenvalue weighted by molar-refractivity contribution is -0.169. The molecule has 1 saturated carbocycles. The van der Waals surface area contributed by atoms with Crippen molar-refractivity contribution in [2.45, 2.75) is 47.5 Å². The Kier molecular flexibility index (Phi) is 3.46. The van der Waals surface area contributed by atoms with Crippen LogP contribution in [0.1, 0.15) is 47.5 Å². The minimum absolute atomic E-state index is 0.0252. The van der Waals surface area contributed by atoms with E-state index >= 15 is 0 Å². The Morgan fingerprint density at radius 2 is 2.00 bits per heavy atom. The molecular formula is C13H22O3. The van der Waals surface area contributed by atoms with Gasteiger partial charge in [0, 0.05) is 5.41 Å². The maximum atomic E-state index is 12.4. The van der Waals surface area contributed by atoms with E-state index in [0.717, 1.165) is 12.8 Å². The molecule has 1 fully saturated rings. The fourth-order valence-electron chi connectivity index (χ4n) is 2.48. The van der Waals surface area contributed by atoms with Crippen LogP contribution in [0.15, 0.2) is 0 Å². The maximum Gasteiger partial charge on any atom is 0.319 e. The summed E-state index contributed by atoms with van der Waals surface area (Å²) in [6.45, 7) is 9.62. The van der Waals surface area contributed by atoms with Gasteiger partial charge in [0.25, 0.3) is 0 Å². The molecular weight excluding hydrogens is 204 g/mol. The topological polar surface area (TPSA) is 43.4 Å². The van der Waals surface area contributed by atoms with Crippen LogP contribution in [-0.4, -0.2) is 18.4 Å². The summed E-state index contributed by atoms with van der Waals surface area (Å²) in [4.78, 5) is 24.4. The third kappa shape index (κ3) is 1.87. The number of carbonyl (C=O) groups is 2. The minimum Gasteiger partial charge on any atom is -0.465 e. The Morgan fingerprint density at radius 1 is 1.44 bits per heavy atom. The van der Waals surface area contributed by atoms with E-state index in [0.29, 0.717) is 6.61 Å². The van der Waals surface area contributed by atoms with E-state index < -0.39 is 10.8 Å². The van der Waals surface area contributed by atoms with E-state index in [1.54, 1.807) is 13.8 Å². The van der Waals surface area contributed by atoms with Crippen molar-refractivity contribution in [2.75, 3.05) is 6.61 Å². The van der Waals surface area contributed by atoms with Crippen molar-refractivity contribution in [3.8, 4) is 0 Å². The molecule has 0 aliphatic heterocycles. The highest BCUT2D eigenvalue weighted by atomic mass is 16.5. The second kappa shape index (κ2) is 4.19. The monoisotopic (exact) mass is 226 g/mol. The van der Waals surface area contributed by atoms with Gasteiger partial charge >= 0.3 is 5.97 Å². The Bertz CT molecular complexity index is 306. The summed E-state index contributed by atoms with van der Waals surface area (Å²) in [6, 6.07) is 0. The molecule has 0 spiro atoms. The first-order valence-electron chi connectivity index (χ1n) is 5.99. The first-order valence-corrected chi connectivity index (χ1v) is 5.99. The number of hydrogen-bond acceptors (Lipinski definition) is 3. The molecule has 2 atom stereocenters. The van der Waals surface area contributed by atoms with Crippen LogP contribution in [0.2, 0.25) is 0 Å². The summed E-state index contributed by atoms with van der Waals surface area (Å²) in [6.07, 6.45) is 1.75. The van der Waals surface area contributed by atoms with Crippen LogP contribution < -0.4 is 0 Å². The predicted octanol–water partition coefficient (Wildman–Crippen LogP) is 2.58. The highest BCUT2D eigenvalue weighted by Crippen LogP contribution is 2.46. The molecule has 0 amide bonds. The average Bonchev–Trinajstić information content (AvgIpc) is 2.22. The van der Waals surface area contributed by atoms with Gasteiger partial charge in [0.15, 0.2) is 5.78 Å². The standard InChI is InChI=1S/C13H22O3/c1-6-16-11(15)13(5)9(2)7-8-12(3,4)10(13)14/h9H,6-8H2,1-5H3/t9-,13-/m1/s1. The molecule has 0 N–H and O–H groups in total. The fourth-order valence-corrected chi connectivity index (χ4v) is 2.48. The Labute approximate surface area is 97.5 Å². The van der Waals surface area contributed by atoms with Crippen molar-refractivity contribution in [1.29, 1.82) is 0 Å². The van der Waals surface area contributed by atoms with Gasteiger partial charge < -0.3 is 4.74 Å². The first kappa shape index (κ1) is 13.2. The van der Waals surface area contributed by atoms with Crippen LogP contribution in [0.4, 0.5) is 0 Å². The molecule has 1 aliphatic rings. The molecule has 0 saturated heterocycles. The molecule has 3 nitrogen and oxygen atoms in total. The van der Waals surface area contributed by atoms with E-state index in [9.17, 15) is 9.59 Å². The van der Waals surface area contributed by atoms with Crippen molar-refractivity contribution >= 4 is 11.8 Å². The highest BCUT2D eigenvalue weighted by molar-refractivity contribution is 6.06. The van der Waals surface area contributed by atoms with Crippen molar-refractivity contribution < 1.29 is 14.3 Å². The normalized spacial score (nSPS) is 33.6. The van der Waals surface area contributed by atoms with Crippen LogP contribution in [0.25, 0.3) is 0 Å². The van der Waals surface area contributed by atoms with Gasteiger partial charge in [-0.3, -0.25) is 9.59 Å². The summed E-state index contributed by atoms with van der Waals surface area (Å²) >= 11 is 0. The molecule has 0 radical (unpaired) electrons. The lowest BCUT2D eigenvalue weighted by Crippen LogP contribution is -2.52. The summed E-state index contributed by atoms with van der Waals surface area (Å²) in [5.74, 6) is -0.274. The second-order valence-electron chi connectivity index (χ2n) is 5.58. The van der Waals surface area contributed by atoms with Gasteiger partial charge in [0.2, 0.25) is 0 Å². The molecule has 1 aliphatic carbocycles. The second-order valence-corrected chi connectivity index (χ2v) is 5.58. The van der Waals surface area contributed by atoms with Crippen LogP contribution >= 0.6 is 0 Å². The van der Waals surface area contributed by atoms with E-state index in [4.69, 9.17) is 4.74 Å². The number of hydrogen-bond donors (Lipinski definition) is 0. The van der Waals surface area contributed by atoms with Crippen LogP contribution in [-0.2, 0) is 14.3 Å². The molecule has 16 heavy (non-hydrogen) atoms. The van der Waals surface area contributed by atoms with Crippen molar-refractivity contribution in [2.24, 2.45) is 16.7 Å². The molecule has 92 valence electrons. The molecule has 0 aromatic rings. The summed E-state index contributed by atoms with van der Waals surface area (Å²) in [5, 5.41) is 0. The van der Waals surface area contributed by atoms with Gasteiger partial charge in [-0.1, -0.05) is 20.8 Å². The Balaban J connectivity index is 3.06. The average molecular weight is 226 g/mol. The van der Waals surface area contributed by atoms with Gasteiger partial charge in [-0.2, -0.15) is 0 Å². The summed E-state index contributed by atoms with van der Waals surface area (Å²) in [7, 11) is 0. The van der Waals surface area contributed by atoms with Crippen LogP contribution in [0.3, 0.4) is 0 Å². The first-order chi connectivity index (χ1) is 7.26. The third-order valence-corrected chi connectivity index (χ3v) is 3.97. The number of esters is 1. The van der Waals surface area contributed by atoms with Gasteiger partial charge in [0.05, 0.1) is 6.61 Å². The number of rotatable bonds is 2. The zero-order valence-electron chi connectivity index (χ0n) is 10.9. The maximum absolute atomic E-state index is 12.4. The summed E-state index contributed by atoms with van der Waals surface area (Å²) in [5.41, 5.74) is -1.37. The molecule has 0 heterocycles. The van der Waals surface area contributed by atoms with E-state index in [1.165, 1.54) is 0 Å². The molecule has 0 aromatic heterocycles. The molecule has 3 heteroatoms. The quantitative estimate of drug-likeness (QED) is 0.537. The number of ether oxygens (including phenoxy) is 1. The number of carbonyl (C=O) groups excluding carboxylic acids is 2. The van der Waals surface area contributed by atoms with Crippen molar-refractivity contribution in [1.82, 2.24) is 0 Å². The summed E-state index contributed by atoms with van der Waals surface area (Å²) < 4.78 is 5.06. The fraction of sp³-hybridized carbons (Fsp3) is 0.846. The largest absolute Gasteiger partial charge is 0.465 e. The van der Waals surface area contributed by atoms with Gasteiger partial charge in [0.1, 0.15) is 5.41 Å². The van der Waals surface area contributed by atoms with Crippen molar-refractivity contribution in [3.05, 3.63) is 0 Å². The highest BCUT2D eigenvalue weighted by Gasteiger charge is 2.55. The molecule has 0 aromatic carbocycles. The van der Waals surface area contributed by atoms with E-state index in [2.05, 4.69) is 0 Å². The zero-order valence-corrected chi connectivity index (χ0v) is 10.9. The third-order valence-electron chi connectivity index (χ3n) is 3.97. The molecule has 0 bridgehead atoms. The van der Waals surface area contributed by atoms with Gasteiger partial charge in [-0.25, -0.2) is 0 Å². The van der Waals surface area contributed by atoms with E-state index in [-0.39, 0.29) is 17.7 Å². The molecule has 0 unspecified atom stereocenters. The van der Waals surface area contributed by atoms with Crippen LogP contribution in [0, 0.1) is 16.7 Å². The number of Topliss-reactive ketones (excluding diaryl/α,β-unsaturated/α-hetero) is 1. The smallest absolute Gasteiger partial charge is 0.319 e. The lowest BCUT2D eigenvalue weighted by atomic mass is 9.58. The van der Waals surface area contributed by atoms with Gasteiger partial charge in [-0.05, 0) is 32.6 Å². The van der Waals surface area contributed by atoms with Gasteiger partial charge in [-0.15, -0.1) is 0 Å². The lowest BCUT2D eigenvalue weighted by Gasteiger charge is -2.43. The van der Waals surface area contributed by atoms with E-state index in [1.807, 2.05) is 20.8 Å². The predicted molar refractivity (Wildman–Crippen MR) is 61.9 cm³/mol. The zero-order chi connectivity index (χ0) is 12.6. The number of ketones is 1. The van der Waals surface area contributed by atoms with Crippen LogP contribution in [0.5, 0.6) is 0 Å². The SMILES string of the molecule is CCOC(=O)[C@@]1(C)C(=O)C(C)(C)CC[C@H]1C.